The van der Waals surface area contributed by atoms with Crippen LogP contribution in [0.4, 0.5) is 11.4 Å². The maximum absolute atomic E-state index is 13.0. The zero-order valence-electron chi connectivity index (χ0n) is 19.3. The summed E-state index contributed by atoms with van der Waals surface area (Å²) in [7, 11) is 3.22. The van der Waals surface area contributed by atoms with Crippen molar-refractivity contribution < 1.29 is 19.0 Å². The number of nitrogens with one attached hydrogen (secondary N) is 2. The van der Waals surface area contributed by atoms with E-state index in [2.05, 4.69) is 15.3 Å². The number of carbonyl (C=O) groups excluding carboxylic acids is 1. The maximum Gasteiger partial charge on any atom is 0.166 e. The van der Waals surface area contributed by atoms with E-state index in [-0.39, 0.29) is 5.78 Å². The van der Waals surface area contributed by atoms with Crippen molar-refractivity contribution in [2.45, 2.75) is 38.7 Å². The number of nitrogens with zero attached hydrogens (tertiary/aromatic N) is 1. The van der Waals surface area contributed by atoms with Gasteiger partial charge in [0.1, 0.15) is 12.4 Å². The number of hydrogen-bond acceptors (Lipinski definition) is 6. The number of ketones is 1. The molecule has 2 aromatic heterocycles. The van der Waals surface area contributed by atoms with E-state index >= 15 is 0 Å². The zero-order valence-corrected chi connectivity index (χ0v) is 20.0. The number of carbonyl (C=O) groups is 1. The molecular formula is C25H28ClN3O4. The Labute approximate surface area is 198 Å². The van der Waals surface area contributed by atoms with Crippen molar-refractivity contribution in [3.63, 3.8) is 0 Å². The Morgan fingerprint density at radius 3 is 2.79 bits per heavy atom. The second-order valence-corrected chi connectivity index (χ2v) is 8.98. The monoisotopic (exact) mass is 469 g/mol. The summed E-state index contributed by atoms with van der Waals surface area (Å²) in [4.78, 5) is 20.7. The average molecular weight is 470 g/mol. The van der Waals surface area contributed by atoms with Gasteiger partial charge in [-0.25, -0.2) is 0 Å². The SMILES string of the molecule is COc1c(Cl)cccc1Nc1c(-c2ccncc2OCC(C)(C)OC)[nH]c2c1C(=O)CCC2. The van der Waals surface area contributed by atoms with Crippen LogP contribution in [-0.2, 0) is 11.2 Å². The number of fused-ring (bicyclic) bond motifs is 1. The fraction of sp³-hybridized carbons (Fsp3) is 0.360. The van der Waals surface area contributed by atoms with Gasteiger partial charge in [0.2, 0.25) is 0 Å². The molecule has 0 spiro atoms. The fourth-order valence-electron chi connectivity index (χ4n) is 3.89. The highest BCUT2D eigenvalue weighted by Gasteiger charge is 2.29. The average Bonchev–Trinajstić information content (AvgIpc) is 3.17. The summed E-state index contributed by atoms with van der Waals surface area (Å²) < 4.78 is 17.1. The molecule has 3 aromatic rings. The lowest BCUT2D eigenvalue weighted by molar-refractivity contribution is -0.0146. The van der Waals surface area contributed by atoms with Gasteiger partial charge in [0.25, 0.3) is 0 Å². The van der Waals surface area contributed by atoms with Crippen LogP contribution >= 0.6 is 11.6 Å². The van der Waals surface area contributed by atoms with Crippen LogP contribution in [0.2, 0.25) is 5.02 Å². The summed E-state index contributed by atoms with van der Waals surface area (Å²) in [5.74, 6) is 1.20. The van der Waals surface area contributed by atoms with Crippen LogP contribution in [0.25, 0.3) is 11.3 Å². The van der Waals surface area contributed by atoms with E-state index in [0.29, 0.717) is 46.5 Å². The molecule has 0 saturated carbocycles. The molecule has 0 atom stereocenters. The number of pyridine rings is 1. The summed E-state index contributed by atoms with van der Waals surface area (Å²) in [5, 5.41) is 3.90. The van der Waals surface area contributed by atoms with Gasteiger partial charge in [-0.15, -0.1) is 0 Å². The lowest BCUT2D eigenvalue weighted by Gasteiger charge is -2.23. The van der Waals surface area contributed by atoms with E-state index in [1.54, 1.807) is 32.7 Å². The van der Waals surface area contributed by atoms with Crippen LogP contribution in [0.3, 0.4) is 0 Å². The first-order valence-electron chi connectivity index (χ1n) is 10.8. The van der Waals surface area contributed by atoms with E-state index in [1.807, 2.05) is 32.0 Å². The van der Waals surface area contributed by atoms with Crippen LogP contribution in [0.1, 0.15) is 42.7 Å². The molecule has 1 aliphatic rings. The molecule has 2 heterocycles. The fourth-order valence-corrected chi connectivity index (χ4v) is 4.14. The van der Waals surface area contributed by atoms with Crippen LogP contribution in [0.15, 0.2) is 36.7 Å². The molecule has 0 saturated heterocycles. The molecule has 33 heavy (non-hydrogen) atoms. The van der Waals surface area contributed by atoms with E-state index in [1.165, 1.54) is 0 Å². The number of aromatic nitrogens is 2. The third-order valence-electron chi connectivity index (χ3n) is 5.80. The second-order valence-electron chi connectivity index (χ2n) is 8.58. The number of ether oxygens (including phenoxy) is 3. The quantitative estimate of drug-likeness (QED) is 0.433. The van der Waals surface area contributed by atoms with Crippen molar-refractivity contribution in [3.8, 4) is 22.8 Å². The number of H-pyrrole nitrogens is 1. The standard InChI is InChI=1S/C25H28ClN3O4/c1-25(2,32-4)14-33-20-13-27-12-11-15(20)22-23(21-17(28-22)8-6-10-19(21)30)29-18-9-5-7-16(26)24(18)31-3/h5,7,9,11-13,28-29H,6,8,10,14H2,1-4H3. The van der Waals surface area contributed by atoms with Crippen molar-refractivity contribution in [2.75, 3.05) is 26.1 Å². The van der Waals surface area contributed by atoms with Gasteiger partial charge in [-0.3, -0.25) is 9.78 Å². The predicted molar refractivity (Wildman–Crippen MR) is 129 cm³/mol. The molecule has 8 heteroatoms. The molecule has 0 bridgehead atoms. The molecule has 0 fully saturated rings. The van der Waals surface area contributed by atoms with Crippen LogP contribution < -0.4 is 14.8 Å². The first-order chi connectivity index (χ1) is 15.8. The smallest absolute Gasteiger partial charge is 0.166 e. The van der Waals surface area contributed by atoms with Crippen molar-refractivity contribution in [2.24, 2.45) is 0 Å². The van der Waals surface area contributed by atoms with Gasteiger partial charge in [-0.05, 0) is 44.9 Å². The molecule has 1 aliphatic carbocycles. The number of methoxy groups -OCH3 is 2. The number of Topliss-reactive ketones (excluding diaryl/α,β-unsaturated/α-hetero) is 1. The highest BCUT2D eigenvalue weighted by Crippen LogP contribution is 2.44. The van der Waals surface area contributed by atoms with Gasteiger partial charge in [0.05, 0.1) is 46.6 Å². The second kappa shape index (κ2) is 9.45. The first kappa shape index (κ1) is 23.1. The van der Waals surface area contributed by atoms with Crippen molar-refractivity contribution in [1.82, 2.24) is 9.97 Å². The Morgan fingerprint density at radius 1 is 1.21 bits per heavy atom. The van der Waals surface area contributed by atoms with Crippen molar-refractivity contribution in [1.29, 1.82) is 0 Å². The molecular weight excluding hydrogens is 442 g/mol. The Morgan fingerprint density at radius 2 is 2.03 bits per heavy atom. The predicted octanol–water partition coefficient (Wildman–Crippen LogP) is 5.81. The van der Waals surface area contributed by atoms with Crippen LogP contribution in [0.5, 0.6) is 11.5 Å². The van der Waals surface area contributed by atoms with E-state index in [4.69, 9.17) is 25.8 Å². The van der Waals surface area contributed by atoms with Gasteiger partial charge in [-0.1, -0.05) is 17.7 Å². The Balaban J connectivity index is 1.83. The topological polar surface area (TPSA) is 85.5 Å². The Hall–Kier alpha value is -3.03. The molecule has 0 amide bonds. The number of benzene rings is 1. The number of anilines is 2. The summed E-state index contributed by atoms with van der Waals surface area (Å²) in [6.45, 7) is 4.24. The summed E-state index contributed by atoms with van der Waals surface area (Å²) in [5.41, 5.74) is 4.00. The number of para-hydroxylation sites is 1. The van der Waals surface area contributed by atoms with Gasteiger partial charge in [0, 0.05) is 31.0 Å². The summed E-state index contributed by atoms with van der Waals surface area (Å²) in [6.07, 6.45) is 5.49. The minimum Gasteiger partial charge on any atom is -0.493 e. The zero-order chi connectivity index (χ0) is 23.6. The molecule has 0 unspecified atom stereocenters. The largest absolute Gasteiger partial charge is 0.493 e. The third-order valence-corrected chi connectivity index (χ3v) is 6.10. The summed E-state index contributed by atoms with van der Waals surface area (Å²) in [6, 6.07) is 7.34. The minimum absolute atomic E-state index is 0.0966. The Kier molecular flexibility index (Phi) is 6.63. The molecule has 4 rings (SSSR count). The lowest BCUT2D eigenvalue weighted by atomic mass is 9.95. The maximum atomic E-state index is 13.0. The number of halogens is 1. The highest BCUT2D eigenvalue weighted by molar-refractivity contribution is 6.32. The number of hydrogen-bond donors (Lipinski definition) is 2. The third kappa shape index (κ3) is 4.70. The molecule has 7 nitrogen and oxygen atoms in total. The highest BCUT2D eigenvalue weighted by atomic mass is 35.5. The number of aryl methyl sites for hydroxylation is 1. The minimum atomic E-state index is -0.465. The van der Waals surface area contributed by atoms with Crippen LogP contribution in [0, 0.1) is 0 Å². The van der Waals surface area contributed by atoms with Crippen molar-refractivity contribution >= 4 is 28.8 Å². The van der Waals surface area contributed by atoms with E-state index in [0.717, 1.165) is 29.8 Å². The summed E-state index contributed by atoms with van der Waals surface area (Å²) >= 11 is 6.34. The van der Waals surface area contributed by atoms with Gasteiger partial charge in [-0.2, -0.15) is 0 Å². The van der Waals surface area contributed by atoms with Gasteiger partial charge in [0.15, 0.2) is 11.5 Å². The Bertz CT molecular complexity index is 1170. The van der Waals surface area contributed by atoms with Gasteiger partial charge >= 0.3 is 0 Å². The molecule has 1 aromatic carbocycles. The first-order valence-corrected chi connectivity index (χ1v) is 11.2. The molecule has 0 aliphatic heterocycles. The van der Waals surface area contributed by atoms with E-state index < -0.39 is 5.60 Å². The number of rotatable bonds is 8. The number of aromatic amines is 1. The van der Waals surface area contributed by atoms with E-state index in [9.17, 15) is 4.79 Å². The lowest BCUT2D eigenvalue weighted by Crippen LogP contribution is -2.30. The normalized spacial score (nSPS) is 13.5. The van der Waals surface area contributed by atoms with Crippen LogP contribution in [-0.4, -0.2) is 42.2 Å². The molecule has 174 valence electrons. The molecule has 2 N–H and O–H groups in total. The molecule has 0 radical (unpaired) electrons. The van der Waals surface area contributed by atoms with Gasteiger partial charge < -0.3 is 24.5 Å². The van der Waals surface area contributed by atoms with Crippen molar-refractivity contribution in [3.05, 3.63) is 52.9 Å².